The van der Waals surface area contributed by atoms with Crippen LogP contribution in [0.15, 0.2) is 58.3 Å². The molecule has 0 atom stereocenters. The van der Waals surface area contributed by atoms with Crippen molar-refractivity contribution >= 4 is 89.0 Å². The zero-order valence-corrected chi connectivity index (χ0v) is 23.4. The van der Waals surface area contributed by atoms with E-state index in [4.69, 9.17) is 8.57 Å². The van der Waals surface area contributed by atoms with Crippen molar-refractivity contribution in [2.45, 2.75) is 9.79 Å². The van der Waals surface area contributed by atoms with Gasteiger partial charge in [-0.1, -0.05) is 0 Å². The number of carbonyl (C=O) groups is 4. The molecule has 16 heteroatoms. The van der Waals surface area contributed by atoms with E-state index in [9.17, 15) is 36.0 Å². The summed E-state index contributed by atoms with van der Waals surface area (Å²) in [6.07, 6.45) is 0. The molecule has 5 rings (SSSR count). The molecule has 0 unspecified atom stereocenters. The molecule has 0 N–H and O–H groups in total. The monoisotopic (exact) mass is 758 g/mol. The van der Waals surface area contributed by atoms with E-state index in [1.54, 1.807) is 0 Å². The van der Waals surface area contributed by atoms with Crippen LogP contribution < -0.4 is 0 Å². The van der Waals surface area contributed by atoms with Gasteiger partial charge in [0.15, 0.2) is 0 Å². The molecule has 36 heavy (non-hydrogen) atoms. The summed E-state index contributed by atoms with van der Waals surface area (Å²) in [4.78, 5) is 50.8. The smallest absolute Gasteiger partial charge is 0.272 e. The number of hydroxylamine groups is 4. The SMILES string of the molecule is O=C1C2C(C(=O)N1OS(=O)(=O)c1ccc(I)cc1)C1C(=O)N(OS(=O)(=O)c3ccc(I)cc3)C(=O)C21. The molecule has 2 saturated heterocycles. The van der Waals surface area contributed by atoms with Gasteiger partial charge >= 0.3 is 20.2 Å². The summed E-state index contributed by atoms with van der Waals surface area (Å²) < 4.78 is 61.3. The van der Waals surface area contributed by atoms with Crippen LogP contribution in [0.5, 0.6) is 0 Å². The molecule has 1 aliphatic carbocycles. The largest absolute Gasteiger partial charge is 0.318 e. The number of amides is 4. The predicted molar refractivity (Wildman–Crippen MR) is 133 cm³/mol. The lowest BCUT2D eigenvalue weighted by atomic mass is 9.59. The van der Waals surface area contributed by atoms with Crippen LogP contribution in [0, 0.1) is 30.8 Å². The van der Waals surface area contributed by atoms with Crippen LogP contribution in [0.4, 0.5) is 0 Å². The number of benzene rings is 2. The predicted octanol–water partition coefficient (Wildman–Crippen LogP) is 1.05. The Morgan fingerprint density at radius 3 is 1.03 bits per heavy atom. The van der Waals surface area contributed by atoms with Crippen molar-refractivity contribution in [3.63, 3.8) is 0 Å². The molecule has 3 fully saturated rings. The zero-order chi connectivity index (χ0) is 26.2. The van der Waals surface area contributed by atoms with Gasteiger partial charge in [-0.3, -0.25) is 19.2 Å². The summed E-state index contributed by atoms with van der Waals surface area (Å²) in [6.45, 7) is 0. The van der Waals surface area contributed by atoms with Gasteiger partial charge in [0.1, 0.15) is 0 Å². The molecule has 4 amide bonds. The summed E-state index contributed by atoms with van der Waals surface area (Å²) in [6, 6.07) is 10.8. The Morgan fingerprint density at radius 2 is 0.778 bits per heavy atom. The van der Waals surface area contributed by atoms with Crippen LogP contribution in [-0.4, -0.2) is 50.6 Å². The fourth-order valence-electron chi connectivity index (χ4n) is 4.37. The van der Waals surface area contributed by atoms with Gasteiger partial charge in [-0.15, -0.1) is 18.7 Å². The van der Waals surface area contributed by atoms with Crippen LogP contribution in [0.3, 0.4) is 0 Å². The highest BCUT2D eigenvalue weighted by molar-refractivity contribution is 14.1. The molecule has 2 aromatic carbocycles. The number of rotatable bonds is 6. The lowest BCUT2D eigenvalue weighted by Crippen LogP contribution is -2.50. The number of hydrogen-bond donors (Lipinski definition) is 0. The van der Waals surface area contributed by atoms with E-state index in [1.165, 1.54) is 48.5 Å². The number of nitrogens with zero attached hydrogens (tertiary/aromatic N) is 2. The fraction of sp³-hybridized carbons (Fsp3) is 0.200. The normalized spacial score (nSPS) is 25.7. The van der Waals surface area contributed by atoms with Crippen LogP contribution in [0.25, 0.3) is 0 Å². The molecule has 2 aliphatic heterocycles. The minimum atomic E-state index is -4.57. The summed E-state index contributed by atoms with van der Waals surface area (Å²) in [5.41, 5.74) is 0. The quantitative estimate of drug-likeness (QED) is 0.308. The molecule has 2 heterocycles. The van der Waals surface area contributed by atoms with Crippen LogP contribution in [0.2, 0.25) is 0 Å². The third-order valence-electron chi connectivity index (χ3n) is 6.04. The first kappa shape index (κ1) is 25.6. The number of halogens is 2. The molecule has 0 bridgehead atoms. The van der Waals surface area contributed by atoms with Crippen molar-refractivity contribution < 1.29 is 44.6 Å². The van der Waals surface area contributed by atoms with E-state index in [0.29, 0.717) is 0 Å². The Bertz CT molecular complexity index is 1380. The van der Waals surface area contributed by atoms with Crippen molar-refractivity contribution in [3.8, 4) is 0 Å². The first-order valence-electron chi connectivity index (χ1n) is 9.99. The second-order valence-electron chi connectivity index (χ2n) is 8.01. The van der Waals surface area contributed by atoms with Crippen molar-refractivity contribution in [2.75, 3.05) is 0 Å². The van der Waals surface area contributed by atoms with Gasteiger partial charge in [0.05, 0.1) is 33.5 Å². The molecule has 188 valence electrons. The Morgan fingerprint density at radius 1 is 0.528 bits per heavy atom. The highest BCUT2D eigenvalue weighted by Gasteiger charge is 2.75. The van der Waals surface area contributed by atoms with Crippen LogP contribution in [0.1, 0.15) is 0 Å². The molecular weight excluding hydrogens is 746 g/mol. The molecule has 3 aliphatic rings. The Kier molecular flexibility index (Phi) is 6.26. The Hall–Kier alpha value is -2.00. The van der Waals surface area contributed by atoms with Gasteiger partial charge in [-0.2, -0.15) is 16.8 Å². The van der Waals surface area contributed by atoms with Crippen molar-refractivity contribution in [1.82, 2.24) is 10.1 Å². The maximum Gasteiger partial charge on any atom is 0.318 e. The van der Waals surface area contributed by atoms with E-state index in [0.717, 1.165) is 7.14 Å². The average Bonchev–Trinajstić information content (AvgIpc) is 3.10. The topological polar surface area (TPSA) is 161 Å². The first-order valence-corrected chi connectivity index (χ1v) is 15.0. The number of carbonyl (C=O) groups excluding carboxylic acids is 4. The maximum absolute atomic E-state index is 12.9. The van der Waals surface area contributed by atoms with Crippen molar-refractivity contribution in [2.24, 2.45) is 23.7 Å². The minimum Gasteiger partial charge on any atom is -0.272 e. The standard InChI is InChI=1S/C20H12I2N2O10S2/c21-9-1-5-11(6-2-9)35(29,30)33-23-17(25)13-14(18(23)26)16-15(13)19(27)24(20(16)28)34-36(31,32)12-7-3-10(22)4-8-12/h1-8,13-16H. The first-order chi connectivity index (χ1) is 16.8. The van der Waals surface area contributed by atoms with Crippen LogP contribution >= 0.6 is 45.2 Å². The summed E-state index contributed by atoms with van der Waals surface area (Å²) in [7, 11) is -9.14. The fourth-order valence-corrected chi connectivity index (χ4v) is 6.88. The molecule has 0 spiro atoms. The second kappa shape index (κ2) is 8.79. The third kappa shape index (κ3) is 3.97. The van der Waals surface area contributed by atoms with Gasteiger partial charge in [-0.25, -0.2) is 0 Å². The molecule has 2 aromatic rings. The summed E-state index contributed by atoms with van der Waals surface area (Å²) in [5.74, 6) is -10.0. The van der Waals surface area contributed by atoms with Gasteiger partial charge in [-0.05, 0) is 93.7 Å². The van der Waals surface area contributed by atoms with Gasteiger partial charge < -0.3 is 0 Å². The highest BCUT2D eigenvalue weighted by atomic mass is 127. The zero-order valence-electron chi connectivity index (χ0n) is 17.5. The van der Waals surface area contributed by atoms with E-state index >= 15 is 0 Å². The lowest BCUT2D eigenvalue weighted by Gasteiger charge is -2.35. The summed E-state index contributed by atoms with van der Waals surface area (Å²) in [5, 5.41) is 0.101. The van der Waals surface area contributed by atoms with E-state index in [-0.39, 0.29) is 19.9 Å². The Balaban J connectivity index is 1.36. The van der Waals surface area contributed by atoms with Crippen molar-refractivity contribution in [3.05, 3.63) is 55.7 Å². The molecule has 1 saturated carbocycles. The van der Waals surface area contributed by atoms with Crippen LogP contribution in [-0.2, 0) is 48.0 Å². The second-order valence-corrected chi connectivity index (χ2v) is 13.6. The van der Waals surface area contributed by atoms with E-state index in [2.05, 4.69) is 0 Å². The minimum absolute atomic E-state index is 0.0506. The maximum atomic E-state index is 12.9. The van der Waals surface area contributed by atoms with E-state index < -0.39 is 67.5 Å². The van der Waals surface area contributed by atoms with Gasteiger partial charge in [0, 0.05) is 7.14 Å². The molecule has 0 radical (unpaired) electrons. The molecule has 12 nitrogen and oxygen atoms in total. The average molecular weight is 758 g/mol. The number of hydrogen-bond acceptors (Lipinski definition) is 10. The molecular formula is C20H12I2N2O10S2. The Labute approximate surface area is 231 Å². The lowest BCUT2D eigenvalue weighted by molar-refractivity contribution is -0.169. The van der Waals surface area contributed by atoms with Gasteiger partial charge in [0.25, 0.3) is 23.6 Å². The van der Waals surface area contributed by atoms with Crippen molar-refractivity contribution in [1.29, 1.82) is 0 Å². The molecule has 0 aromatic heterocycles. The van der Waals surface area contributed by atoms with E-state index in [1.807, 2.05) is 45.2 Å². The highest BCUT2D eigenvalue weighted by Crippen LogP contribution is 2.56. The number of imide groups is 2. The van der Waals surface area contributed by atoms with Gasteiger partial charge in [0.2, 0.25) is 0 Å². The third-order valence-corrected chi connectivity index (χ3v) is 9.87. The number of fused-ring (bicyclic) bond motifs is 4. The summed E-state index contributed by atoms with van der Waals surface area (Å²) >= 11 is 3.91.